The molecule has 3 rings (SSSR count). The molecule has 1 fully saturated rings. The lowest BCUT2D eigenvalue weighted by Gasteiger charge is -2.29. The Balaban J connectivity index is 1.58. The van der Waals surface area contributed by atoms with Gasteiger partial charge in [0.1, 0.15) is 6.54 Å². The van der Waals surface area contributed by atoms with Gasteiger partial charge in [-0.1, -0.05) is 54.6 Å². The number of likely N-dealkylation sites (tertiary alicyclic amines) is 1. The predicted molar refractivity (Wildman–Crippen MR) is 110 cm³/mol. The van der Waals surface area contributed by atoms with Crippen molar-refractivity contribution in [3.63, 3.8) is 0 Å². The fraction of sp³-hybridized carbons (Fsp3) is 0.391. The molecule has 1 atom stereocenters. The van der Waals surface area contributed by atoms with Crippen molar-refractivity contribution in [3.8, 4) is 11.1 Å². The van der Waals surface area contributed by atoms with Crippen LogP contribution in [0.25, 0.3) is 11.1 Å². The van der Waals surface area contributed by atoms with Crippen LogP contribution in [0.3, 0.4) is 0 Å². The summed E-state index contributed by atoms with van der Waals surface area (Å²) in [5, 5.41) is 9.08. The quantitative estimate of drug-likeness (QED) is 0.831. The summed E-state index contributed by atoms with van der Waals surface area (Å²) >= 11 is 0. The van der Waals surface area contributed by atoms with Crippen LogP contribution in [0.15, 0.2) is 54.6 Å². The van der Waals surface area contributed by atoms with Gasteiger partial charge in [0.25, 0.3) is 0 Å². The fourth-order valence-corrected chi connectivity index (χ4v) is 3.94. The molecule has 28 heavy (non-hydrogen) atoms. The zero-order valence-electron chi connectivity index (χ0n) is 16.4. The maximum absolute atomic E-state index is 11.9. The predicted octanol–water partition coefficient (Wildman–Crippen LogP) is 3.64. The Hall–Kier alpha value is -2.66. The van der Waals surface area contributed by atoms with Crippen molar-refractivity contribution in [2.24, 2.45) is 0 Å². The summed E-state index contributed by atoms with van der Waals surface area (Å²) in [5.74, 6) is -1.10. The van der Waals surface area contributed by atoms with Gasteiger partial charge in [-0.2, -0.15) is 0 Å². The minimum Gasteiger partial charge on any atom is -0.480 e. The normalized spacial score (nSPS) is 17.7. The number of benzene rings is 2. The molecule has 1 unspecified atom stereocenters. The van der Waals surface area contributed by atoms with Crippen molar-refractivity contribution in [1.82, 2.24) is 9.80 Å². The second-order valence-electron chi connectivity index (χ2n) is 7.46. The molecule has 0 bridgehead atoms. The van der Waals surface area contributed by atoms with E-state index in [1.165, 1.54) is 28.5 Å². The van der Waals surface area contributed by atoms with E-state index in [4.69, 9.17) is 5.11 Å². The highest BCUT2D eigenvalue weighted by atomic mass is 16.4. The van der Waals surface area contributed by atoms with Crippen molar-refractivity contribution >= 4 is 11.9 Å². The van der Waals surface area contributed by atoms with Crippen LogP contribution in [0.1, 0.15) is 31.7 Å². The zero-order valence-corrected chi connectivity index (χ0v) is 16.4. The molecule has 1 saturated heterocycles. The summed E-state index contributed by atoms with van der Waals surface area (Å²) in [5.41, 5.74) is 3.70. The molecular weight excluding hydrogens is 352 g/mol. The van der Waals surface area contributed by atoms with Crippen molar-refractivity contribution in [1.29, 1.82) is 0 Å². The van der Waals surface area contributed by atoms with Crippen LogP contribution in [0.4, 0.5) is 0 Å². The Morgan fingerprint density at radius 1 is 1.00 bits per heavy atom. The molecule has 0 radical (unpaired) electrons. The van der Waals surface area contributed by atoms with E-state index in [2.05, 4.69) is 41.3 Å². The molecule has 1 heterocycles. The lowest BCUT2D eigenvalue weighted by Crippen LogP contribution is -2.42. The van der Waals surface area contributed by atoms with Crippen molar-refractivity contribution < 1.29 is 14.7 Å². The summed E-state index contributed by atoms with van der Waals surface area (Å²) in [7, 11) is 0. The van der Waals surface area contributed by atoms with Gasteiger partial charge in [-0.3, -0.25) is 14.5 Å². The first-order valence-corrected chi connectivity index (χ1v) is 9.88. The molecule has 5 nitrogen and oxygen atoms in total. The summed E-state index contributed by atoms with van der Waals surface area (Å²) < 4.78 is 0. The first-order valence-electron chi connectivity index (χ1n) is 9.88. The molecular formula is C23H28N2O3. The number of nitrogens with zero attached hydrogens (tertiary/aromatic N) is 2. The summed E-state index contributed by atoms with van der Waals surface area (Å²) in [4.78, 5) is 26.8. The van der Waals surface area contributed by atoms with Gasteiger partial charge in [0.15, 0.2) is 0 Å². The standard InChI is InChI=1S/C23H28N2O3/c1-18(26)25(17-23(27)28)22-8-5-14-24(15-13-22)16-19-9-11-21(12-10-19)20-6-3-2-4-7-20/h2-4,6-7,9-12,22H,5,8,13-17H2,1H3,(H,27,28). The van der Waals surface area contributed by atoms with Gasteiger partial charge in [0.2, 0.25) is 5.91 Å². The Bertz CT molecular complexity index is 789. The second kappa shape index (κ2) is 9.51. The summed E-state index contributed by atoms with van der Waals surface area (Å²) in [6.07, 6.45) is 2.64. The van der Waals surface area contributed by atoms with Gasteiger partial charge in [-0.05, 0) is 42.5 Å². The number of aliphatic carboxylic acids is 1. The average molecular weight is 380 g/mol. The molecule has 0 saturated carbocycles. The third kappa shape index (κ3) is 5.42. The zero-order chi connectivity index (χ0) is 19.9. The Morgan fingerprint density at radius 3 is 2.32 bits per heavy atom. The Labute approximate surface area is 166 Å². The van der Waals surface area contributed by atoms with Gasteiger partial charge in [0, 0.05) is 26.1 Å². The number of carbonyl (C=O) groups is 2. The van der Waals surface area contributed by atoms with E-state index in [1.54, 1.807) is 0 Å². The van der Waals surface area contributed by atoms with Crippen molar-refractivity contribution in [2.45, 2.75) is 38.8 Å². The molecule has 1 N–H and O–H groups in total. The summed E-state index contributed by atoms with van der Waals surface area (Å²) in [6.45, 7) is 3.96. The van der Waals surface area contributed by atoms with Gasteiger partial charge in [-0.25, -0.2) is 0 Å². The molecule has 5 heteroatoms. The van der Waals surface area contributed by atoms with E-state index in [0.717, 1.165) is 38.9 Å². The van der Waals surface area contributed by atoms with E-state index >= 15 is 0 Å². The fourth-order valence-electron chi connectivity index (χ4n) is 3.94. The van der Waals surface area contributed by atoms with E-state index < -0.39 is 5.97 Å². The number of hydrogen-bond donors (Lipinski definition) is 1. The molecule has 148 valence electrons. The third-order valence-corrected chi connectivity index (χ3v) is 5.41. The lowest BCUT2D eigenvalue weighted by molar-refractivity contribution is -0.145. The van der Waals surface area contributed by atoms with Crippen molar-refractivity contribution in [3.05, 3.63) is 60.2 Å². The van der Waals surface area contributed by atoms with E-state index in [9.17, 15) is 9.59 Å². The number of carbonyl (C=O) groups excluding carboxylic acids is 1. The number of hydrogen-bond acceptors (Lipinski definition) is 3. The SMILES string of the molecule is CC(=O)N(CC(=O)O)C1CCCN(Cc2ccc(-c3ccccc3)cc2)CC1. The molecule has 1 aliphatic rings. The highest BCUT2D eigenvalue weighted by molar-refractivity contribution is 5.79. The van der Waals surface area contributed by atoms with E-state index in [0.29, 0.717) is 0 Å². The van der Waals surface area contributed by atoms with Crippen LogP contribution in [-0.2, 0) is 16.1 Å². The molecule has 0 spiro atoms. The largest absolute Gasteiger partial charge is 0.480 e. The Morgan fingerprint density at radius 2 is 1.68 bits per heavy atom. The second-order valence-corrected chi connectivity index (χ2v) is 7.46. The lowest BCUT2D eigenvalue weighted by atomic mass is 10.0. The maximum Gasteiger partial charge on any atom is 0.323 e. The first kappa shape index (κ1) is 20.1. The minimum atomic E-state index is -0.949. The Kier molecular flexibility index (Phi) is 6.82. The number of carboxylic acids is 1. The molecule has 2 aromatic rings. The van der Waals surface area contributed by atoms with Gasteiger partial charge in [-0.15, -0.1) is 0 Å². The highest BCUT2D eigenvalue weighted by Gasteiger charge is 2.26. The minimum absolute atomic E-state index is 0.0130. The van der Waals surface area contributed by atoms with Crippen LogP contribution in [0.2, 0.25) is 0 Å². The highest BCUT2D eigenvalue weighted by Crippen LogP contribution is 2.22. The van der Waals surface area contributed by atoms with E-state index in [-0.39, 0.29) is 18.5 Å². The number of rotatable bonds is 6. The van der Waals surface area contributed by atoms with Gasteiger partial charge < -0.3 is 10.0 Å². The molecule has 1 aliphatic heterocycles. The molecule has 2 aromatic carbocycles. The smallest absolute Gasteiger partial charge is 0.323 e. The van der Waals surface area contributed by atoms with E-state index in [1.807, 2.05) is 18.2 Å². The molecule has 0 aliphatic carbocycles. The average Bonchev–Trinajstić information content (AvgIpc) is 2.92. The maximum atomic E-state index is 11.9. The topological polar surface area (TPSA) is 60.9 Å². The number of amides is 1. The molecule has 0 aromatic heterocycles. The van der Waals surface area contributed by atoms with Crippen LogP contribution in [0.5, 0.6) is 0 Å². The van der Waals surface area contributed by atoms with Gasteiger partial charge >= 0.3 is 5.97 Å². The third-order valence-electron chi connectivity index (χ3n) is 5.41. The van der Waals surface area contributed by atoms with Crippen LogP contribution in [0, 0.1) is 0 Å². The first-order chi connectivity index (χ1) is 13.5. The molecule has 1 amide bonds. The monoisotopic (exact) mass is 380 g/mol. The number of carboxylic acid groups (broad SMARTS) is 1. The van der Waals surface area contributed by atoms with Gasteiger partial charge in [0.05, 0.1) is 0 Å². The van der Waals surface area contributed by atoms with Crippen molar-refractivity contribution in [2.75, 3.05) is 19.6 Å². The van der Waals surface area contributed by atoms with Crippen LogP contribution >= 0.6 is 0 Å². The van der Waals surface area contributed by atoms with Crippen LogP contribution < -0.4 is 0 Å². The van der Waals surface area contributed by atoms with Crippen LogP contribution in [-0.4, -0.2) is 52.5 Å². The summed E-state index contributed by atoms with van der Waals surface area (Å²) in [6, 6.07) is 19.0.